The summed E-state index contributed by atoms with van der Waals surface area (Å²) in [6, 6.07) is 10.0. The van der Waals surface area contributed by atoms with Gasteiger partial charge in [-0.15, -0.1) is 0 Å². The van der Waals surface area contributed by atoms with Gasteiger partial charge in [0.25, 0.3) is 0 Å². The van der Waals surface area contributed by atoms with Crippen molar-refractivity contribution in [3.8, 4) is 11.5 Å². The highest BCUT2D eigenvalue weighted by Gasteiger charge is 2.18. The topological polar surface area (TPSA) is 72.6 Å². The molecule has 2 rings (SSSR count). The zero-order valence-corrected chi connectivity index (χ0v) is 11.3. The third-order valence-electron chi connectivity index (χ3n) is 3.02. The molecule has 5 nitrogen and oxygen atoms in total. The van der Waals surface area contributed by atoms with Crippen LogP contribution in [0.4, 0.5) is 5.69 Å². The largest absolute Gasteiger partial charge is 0.450 e. The second-order valence-electron chi connectivity index (χ2n) is 4.54. The lowest BCUT2D eigenvalue weighted by Gasteiger charge is -2.12. The number of nitrogens with zero attached hydrogens (tertiary/aromatic N) is 1. The molecule has 104 valence electrons. The molecule has 0 radical (unpaired) electrons. The van der Waals surface area contributed by atoms with Crippen molar-refractivity contribution in [3.05, 3.63) is 63.2 Å². The van der Waals surface area contributed by atoms with E-state index in [1.54, 1.807) is 37.3 Å². The van der Waals surface area contributed by atoms with Crippen molar-refractivity contribution in [2.75, 3.05) is 0 Å². The molecule has 0 saturated heterocycles. The molecule has 1 N–H and O–H groups in total. The highest BCUT2D eigenvalue weighted by molar-refractivity contribution is 5.54. The molecule has 2 aromatic carbocycles. The summed E-state index contributed by atoms with van der Waals surface area (Å²) in [5.41, 5.74) is 2.23. The van der Waals surface area contributed by atoms with Crippen LogP contribution in [0.15, 0.2) is 36.4 Å². The lowest BCUT2D eigenvalue weighted by atomic mass is 10.1. The first-order valence-corrected chi connectivity index (χ1v) is 6.15. The summed E-state index contributed by atoms with van der Waals surface area (Å²) in [7, 11) is 0. The molecule has 0 atom stereocenters. The molecular formula is C15H15NO4. The van der Waals surface area contributed by atoms with Gasteiger partial charge in [0.1, 0.15) is 5.75 Å². The standard InChI is InChI=1S/C15H15NO4/c1-10-4-3-5-13(16(18)19)15(10)20-14-7-6-12(9-17)8-11(14)2/h3-8,17H,9H2,1-2H3. The predicted molar refractivity (Wildman–Crippen MR) is 75.0 cm³/mol. The molecule has 0 fully saturated rings. The van der Waals surface area contributed by atoms with Crippen molar-refractivity contribution in [1.82, 2.24) is 0 Å². The molecule has 5 heteroatoms. The number of hydrogen-bond acceptors (Lipinski definition) is 4. The highest BCUT2D eigenvalue weighted by atomic mass is 16.6. The fourth-order valence-corrected chi connectivity index (χ4v) is 1.95. The first-order chi connectivity index (χ1) is 9.52. The second-order valence-corrected chi connectivity index (χ2v) is 4.54. The molecule has 0 saturated carbocycles. The third kappa shape index (κ3) is 2.78. The number of aryl methyl sites for hydroxylation is 2. The molecule has 2 aromatic rings. The molecule has 0 aliphatic heterocycles. The average Bonchev–Trinajstić information content (AvgIpc) is 2.42. The Labute approximate surface area is 116 Å². The zero-order chi connectivity index (χ0) is 14.7. The van der Waals surface area contributed by atoms with Gasteiger partial charge in [0.15, 0.2) is 0 Å². The minimum Gasteiger partial charge on any atom is -0.450 e. The monoisotopic (exact) mass is 273 g/mol. The molecule has 0 unspecified atom stereocenters. The smallest absolute Gasteiger partial charge is 0.311 e. The van der Waals surface area contributed by atoms with Crippen molar-refractivity contribution >= 4 is 5.69 Å². The fraction of sp³-hybridized carbons (Fsp3) is 0.200. The van der Waals surface area contributed by atoms with Crippen LogP contribution in [0, 0.1) is 24.0 Å². The van der Waals surface area contributed by atoms with Crippen LogP contribution >= 0.6 is 0 Å². The lowest BCUT2D eigenvalue weighted by Crippen LogP contribution is -1.97. The predicted octanol–water partition coefficient (Wildman–Crippen LogP) is 3.50. The van der Waals surface area contributed by atoms with Crippen molar-refractivity contribution in [2.45, 2.75) is 20.5 Å². The van der Waals surface area contributed by atoms with Gasteiger partial charge in [-0.3, -0.25) is 10.1 Å². The Balaban J connectivity index is 2.42. The van der Waals surface area contributed by atoms with E-state index >= 15 is 0 Å². The third-order valence-corrected chi connectivity index (χ3v) is 3.02. The number of nitro benzene ring substituents is 1. The summed E-state index contributed by atoms with van der Waals surface area (Å²) in [6.45, 7) is 3.55. The van der Waals surface area contributed by atoms with Crippen LogP contribution in [0.5, 0.6) is 11.5 Å². The summed E-state index contributed by atoms with van der Waals surface area (Å²) >= 11 is 0. The van der Waals surface area contributed by atoms with Crippen LogP contribution in [0.3, 0.4) is 0 Å². The maximum absolute atomic E-state index is 11.0. The zero-order valence-electron chi connectivity index (χ0n) is 11.3. The van der Waals surface area contributed by atoms with E-state index in [2.05, 4.69) is 0 Å². The number of ether oxygens (including phenoxy) is 1. The van der Waals surface area contributed by atoms with Crippen LogP contribution < -0.4 is 4.74 Å². The van der Waals surface area contributed by atoms with Gasteiger partial charge in [0.05, 0.1) is 11.5 Å². The molecule has 20 heavy (non-hydrogen) atoms. The normalized spacial score (nSPS) is 10.3. The number of para-hydroxylation sites is 1. The van der Waals surface area contributed by atoms with E-state index in [-0.39, 0.29) is 18.0 Å². The Morgan fingerprint density at radius 2 is 1.95 bits per heavy atom. The first-order valence-electron chi connectivity index (χ1n) is 6.15. The molecule has 0 spiro atoms. The second kappa shape index (κ2) is 5.71. The van der Waals surface area contributed by atoms with Crippen LogP contribution in [-0.2, 0) is 6.61 Å². The van der Waals surface area contributed by atoms with Crippen molar-refractivity contribution in [2.24, 2.45) is 0 Å². The van der Waals surface area contributed by atoms with E-state index in [1.165, 1.54) is 6.07 Å². The van der Waals surface area contributed by atoms with E-state index in [1.807, 2.05) is 6.92 Å². The number of aliphatic hydroxyl groups excluding tert-OH is 1. The van der Waals surface area contributed by atoms with Gasteiger partial charge < -0.3 is 9.84 Å². The van der Waals surface area contributed by atoms with E-state index in [9.17, 15) is 10.1 Å². The van der Waals surface area contributed by atoms with Crippen molar-refractivity contribution in [1.29, 1.82) is 0 Å². The Bertz CT molecular complexity index is 652. The van der Waals surface area contributed by atoms with E-state index < -0.39 is 4.92 Å². The number of aliphatic hydroxyl groups is 1. The number of benzene rings is 2. The van der Waals surface area contributed by atoms with E-state index in [4.69, 9.17) is 9.84 Å². The van der Waals surface area contributed by atoms with Gasteiger partial charge in [-0.1, -0.05) is 24.3 Å². The van der Waals surface area contributed by atoms with Crippen LogP contribution in [0.1, 0.15) is 16.7 Å². The van der Waals surface area contributed by atoms with Crippen LogP contribution in [0.2, 0.25) is 0 Å². The van der Waals surface area contributed by atoms with Gasteiger partial charge in [0, 0.05) is 6.07 Å². The average molecular weight is 273 g/mol. The molecule has 0 aromatic heterocycles. The van der Waals surface area contributed by atoms with Crippen LogP contribution in [-0.4, -0.2) is 10.0 Å². The maximum Gasteiger partial charge on any atom is 0.311 e. The Morgan fingerprint density at radius 1 is 1.20 bits per heavy atom. The molecule has 0 heterocycles. The molecule has 0 bridgehead atoms. The SMILES string of the molecule is Cc1cc(CO)ccc1Oc1c(C)cccc1[N+](=O)[O-]. The van der Waals surface area contributed by atoms with E-state index in [0.717, 1.165) is 11.1 Å². The van der Waals surface area contributed by atoms with Gasteiger partial charge in [-0.05, 0) is 36.6 Å². The Morgan fingerprint density at radius 3 is 2.55 bits per heavy atom. The van der Waals surface area contributed by atoms with Gasteiger partial charge >= 0.3 is 5.69 Å². The summed E-state index contributed by atoms with van der Waals surface area (Å²) in [5, 5.41) is 20.1. The summed E-state index contributed by atoms with van der Waals surface area (Å²) in [5.74, 6) is 0.789. The first kappa shape index (κ1) is 14.0. The van der Waals surface area contributed by atoms with Crippen molar-refractivity contribution in [3.63, 3.8) is 0 Å². The summed E-state index contributed by atoms with van der Waals surface area (Å²) in [4.78, 5) is 10.6. The Kier molecular flexibility index (Phi) is 4.00. The van der Waals surface area contributed by atoms with Gasteiger partial charge in [-0.2, -0.15) is 0 Å². The number of hydrogen-bond donors (Lipinski definition) is 1. The quantitative estimate of drug-likeness (QED) is 0.683. The van der Waals surface area contributed by atoms with Crippen LogP contribution in [0.25, 0.3) is 0 Å². The Hall–Kier alpha value is -2.40. The minimum absolute atomic E-state index is 0.0500. The van der Waals surface area contributed by atoms with Crippen molar-refractivity contribution < 1.29 is 14.8 Å². The minimum atomic E-state index is -0.459. The van der Waals surface area contributed by atoms with E-state index in [0.29, 0.717) is 11.3 Å². The maximum atomic E-state index is 11.0. The molecule has 0 aliphatic rings. The van der Waals surface area contributed by atoms with Gasteiger partial charge in [0.2, 0.25) is 5.75 Å². The molecule has 0 aliphatic carbocycles. The van der Waals surface area contributed by atoms with Gasteiger partial charge in [-0.25, -0.2) is 0 Å². The highest BCUT2D eigenvalue weighted by Crippen LogP contribution is 2.35. The summed E-state index contributed by atoms with van der Waals surface area (Å²) < 4.78 is 5.71. The molecule has 0 amide bonds. The lowest BCUT2D eigenvalue weighted by molar-refractivity contribution is -0.385. The number of nitro groups is 1. The summed E-state index contributed by atoms with van der Waals surface area (Å²) in [6.07, 6.45) is 0. The molecular weight excluding hydrogens is 258 g/mol. The fourth-order valence-electron chi connectivity index (χ4n) is 1.95. The number of rotatable bonds is 4.